The van der Waals surface area contributed by atoms with Crippen LogP contribution < -0.4 is 16.0 Å². The second kappa shape index (κ2) is 15.0. The summed E-state index contributed by atoms with van der Waals surface area (Å²) in [6, 6.07) is 26.4. The molecule has 0 fully saturated rings. The van der Waals surface area contributed by atoms with Crippen molar-refractivity contribution >= 4 is 80.9 Å². The van der Waals surface area contributed by atoms with E-state index in [4.69, 9.17) is 23.2 Å². The first-order chi connectivity index (χ1) is 21.7. The maximum Gasteiger partial charge on any atom is 0.272 e. The smallest absolute Gasteiger partial charge is 0.272 e. The van der Waals surface area contributed by atoms with Crippen molar-refractivity contribution in [1.29, 1.82) is 0 Å². The molecule has 3 N–H and O–H groups in total. The van der Waals surface area contributed by atoms with E-state index in [1.54, 1.807) is 90.3 Å². The van der Waals surface area contributed by atoms with E-state index in [0.29, 0.717) is 32.7 Å². The van der Waals surface area contributed by atoms with Crippen LogP contribution in [0.25, 0.3) is 17.3 Å². The van der Waals surface area contributed by atoms with Crippen molar-refractivity contribution in [2.45, 2.75) is 4.90 Å². The number of amides is 3. The normalized spacial score (nSPS) is 11.1. The van der Waals surface area contributed by atoms with Crippen LogP contribution in [-0.4, -0.2) is 28.5 Å². The number of carbonyl (C=O) groups is 3. The third kappa shape index (κ3) is 8.80. The standard InChI is InChI=1S/C33H23Cl2FN4O3S2/c34-26-8-4-7-22(30(26)35)17-27(38-31(42)21-5-2-1-3-6-21)32(43)37-24-13-15-25(16-14-24)44-19-29(41)40-33-39-28(18-45-33)20-9-11-23(36)12-10-20/h1-18H,19H2,(H,37,43)(H,38,42)(H,39,40,41)/b27-17-. The van der Waals surface area contributed by atoms with Crippen LogP contribution >= 0.6 is 46.3 Å². The topological polar surface area (TPSA) is 100 Å². The second-order valence-corrected chi connectivity index (χ2v) is 12.1. The lowest BCUT2D eigenvalue weighted by atomic mass is 10.1. The third-order valence-corrected chi connectivity index (χ3v) is 8.79. The first-order valence-corrected chi connectivity index (χ1v) is 15.9. The zero-order valence-electron chi connectivity index (χ0n) is 23.2. The molecule has 0 bridgehead atoms. The Morgan fingerprint density at radius 2 is 1.60 bits per heavy atom. The molecule has 226 valence electrons. The number of thiazole rings is 1. The number of aromatic nitrogens is 1. The van der Waals surface area contributed by atoms with E-state index in [9.17, 15) is 18.8 Å². The van der Waals surface area contributed by atoms with Gasteiger partial charge in [-0.05, 0) is 78.4 Å². The molecule has 3 amide bonds. The summed E-state index contributed by atoms with van der Waals surface area (Å²) in [5, 5.41) is 11.0. The Labute approximate surface area is 276 Å². The Morgan fingerprint density at radius 1 is 0.867 bits per heavy atom. The van der Waals surface area contributed by atoms with E-state index < -0.39 is 11.8 Å². The van der Waals surface area contributed by atoms with Crippen molar-refractivity contribution in [2.75, 3.05) is 16.4 Å². The molecule has 12 heteroatoms. The van der Waals surface area contributed by atoms with Crippen LogP contribution in [0.5, 0.6) is 0 Å². The Hall–Kier alpha value is -4.48. The van der Waals surface area contributed by atoms with Crippen LogP contribution in [0, 0.1) is 5.82 Å². The van der Waals surface area contributed by atoms with Crippen LogP contribution in [-0.2, 0) is 9.59 Å². The van der Waals surface area contributed by atoms with Gasteiger partial charge in [0, 0.05) is 27.1 Å². The molecule has 0 unspecified atom stereocenters. The lowest BCUT2D eigenvalue weighted by Crippen LogP contribution is -2.30. The van der Waals surface area contributed by atoms with Crippen molar-refractivity contribution in [1.82, 2.24) is 10.3 Å². The average Bonchev–Trinajstić information content (AvgIpc) is 3.51. The molecular formula is C33H23Cl2FN4O3S2. The van der Waals surface area contributed by atoms with Crippen LogP contribution in [0.1, 0.15) is 15.9 Å². The molecule has 0 saturated heterocycles. The highest BCUT2D eigenvalue weighted by Gasteiger charge is 2.17. The summed E-state index contributed by atoms with van der Waals surface area (Å²) in [5.74, 6) is -1.47. The number of benzene rings is 4. The van der Waals surface area contributed by atoms with Crippen molar-refractivity contribution in [3.8, 4) is 11.3 Å². The molecule has 45 heavy (non-hydrogen) atoms. The summed E-state index contributed by atoms with van der Waals surface area (Å²) >= 11 is 15.1. The fourth-order valence-electron chi connectivity index (χ4n) is 3.95. The van der Waals surface area contributed by atoms with E-state index >= 15 is 0 Å². The first-order valence-electron chi connectivity index (χ1n) is 13.3. The molecule has 1 heterocycles. The number of halogens is 3. The molecule has 1 aromatic heterocycles. The number of thioether (sulfide) groups is 1. The molecule has 5 aromatic rings. The minimum absolute atomic E-state index is 0.0343. The number of hydrogen-bond donors (Lipinski definition) is 3. The van der Waals surface area contributed by atoms with Crippen molar-refractivity contribution in [3.63, 3.8) is 0 Å². The molecule has 0 aliphatic heterocycles. The minimum Gasteiger partial charge on any atom is -0.321 e. The SMILES string of the molecule is O=C(CSc1ccc(NC(=O)/C(=C/c2cccc(Cl)c2Cl)NC(=O)c2ccccc2)cc1)Nc1nc(-c2ccc(F)cc2)cs1. The molecular weight excluding hydrogens is 654 g/mol. The minimum atomic E-state index is -0.571. The van der Waals surface area contributed by atoms with Gasteiger partial charge in [0.25, 0.3) is 11.8 Å². The number of nitrogens with one attached hydrogen (secondary N) is 3. The molecule has 0 radical (unpaired) electrons. The van der Waals surface area contributed by atoms with Crippen molar-refractivity contribution in [2.24, 2.45) is 0 Å². The third-order valence-electron chi connectivity index (χ3n) is 6.18. The summed E-state index contributed by atoms with van der Waals surface area (Å²) in [4.78, 5) is 43.9. The van der Waals surface area contributed by atoms with E-state index in [0.717, 1.165) is 10.5 Å². The van der Waals surface area contributed by atoms with Gasteiger partial charge in [0.15, 0.2) is 5.13 Å². The highest BCUT2D eigenvalue weighted by Crippen LogP contribution is 2.28. The van der Waals surface area contributed by atoms with Gasteiger partial charge in [-0.15, -0.1) is 23.1 Å². The van der Waals surface area contributed by atoms with Gasteiger partial charge in [0.2, 0.25) is 5.91 Å². The summed E-state index contributed by atoms with van der Waals surface area (Å²) in [6.07, 6.45) is 1.46. The molecule has 7 nitrogen and oxygen atoms in total. The van der Waals surface area contributed by atoms with E-state index in [1.807, 2.05) is 0 Å². The van der Waals surface area contributed by atoms with Crippen LogP contribution in [0.15, 0.2) is 113 Å². The Bertz CT molecular complexity index is 1870. The predicted molar refractivity (Wildman–Crippen MR) is 180 cm³/mol. The van der Waals surface area contributed by atoms with E-state index in [-0.39, 0.29) is 28.2 Å². The number of anilines is 2. The lowest BCUT2D eigenvalue weighted by molar-refractivity contribution is -0.114. The van der Waals surface area contributed by atoms with Gasteiger partial charge in [0.1, 0.15) is 11.5 Å². The summed E-state index contributed by atoms with van der Waals surface area (Å²) in [7, 11) is 0. The molecule has 4 aromatic carbocycles. The van der Waals surface area contributed by atoms with E-state index in [1.165, 1.54) is 41.3 Å². The molecule has 5 rings (SSSR count). The zero-order valence-corrected chi connectivity index (χ0v) is 26.4. The fourth-order valence-corrected chi connectivity index (χ4v) is 5.75. The number of rotatable bonds is 10. The van der Waals surface area contributed by atoms with Crippen molar-refractivity contribution in [3.05, 3.63) is 135 Å². The fraction of sp³-hybridized carbons (Fsp3) is 0.0303. The summed E-state index contributed by atoms with van der Waals surface area (Å²) < 4.78 is 13.2. The van der Waals surface area contributed by atoms with Gasteiger partial charge >= 0.3 is 0 Å². The first kappa shape index (κ1) is 31.9. The van der Waals surface area contributed by atoms with Crippen LogP contribution in [0.4, 0.5) is 15.2 Å². The number of carbonyl (C=O) groups excluding carboxylic acids is 3. The summed E-state index contributed by atoms with van der Waals surface area (Å²) in [5.41, 5.74) is 2.67. The Kier molecular flexibility index (Phi) is 10.6. The number of nitrogens with zero attached hydrogens (tertiary/aromatic N) is 1. The van der Waals surface area contributed by atoms with E-state index in [2.05, 4.69) is 20.9 Å². The van der Waals surface area contributed by atoms with Gasteiger partial charge in [-0.1, -0.05) is 53.5 Å². The maximum absolute atomic E-state index is 13.3. The van der Waals surface area contributed by atoms with Gasteiger partial charge in [-0.25, -0.2) is 9.37 Å². The second-order valence-electron chi connectivity index (χ2n) is 9.38. The van der Waals surface area contributed by atoms with Gasteiger partial charge < -0.3 is 16.0 Å². The summed E-state index contributed by atoms with van der Waals surface area (Å²) in [6.45, 7) is 0. The molecule has 0 saturated carbocycles. The molecule has 0 spiro atoms. The maximum atomic E-state index is 13.3. The Morgan fingerprint density at radius 3 is 2.33 bits per heavy atom. The predicted octanol–water partition coefficient (Wildman–Crippen LogP) is 8.40. The monoisotopic (exact) mass is 676 g/mol. The van der Waals surface area contributed by atoms with Gasteiger partial charge in [-0.3, -0.25) is 14.4 Å². The molecule has 0 aliphatic carbocycles. The Balaban J connectivity index is 1.20. The molecule has 0 atom stereocenters. The zero-order chi connectivity index (χ0) is 31.8. The highest BCUT2D eigenvalue weighted by molar-refractivity contribution is 8.00. The largest absolute Gasteiger partial charge is 0.321 e. The quantitative estimate of drug-likeness (QED) is 0.102. The highest BCUT2D eigenvalue weighted by atomic mass is 35.5. The van der Waals surface area contributed by atoms with Gasteiger partial charge in [-0.2, -0.15) is 0 Å². The van der Waals surface area contributed by atoms with Crippen molar-refractivity contribution < 1.29 is 18.8 Å². The lowest BCUT2D eigenvalue weighted by Gasteiger charge is -2.12. The van der Waals surface area contributed by atoms with Crippen LogP contribution in [0.2, 0.25) is 10.0 Å². The van der Waals surface area contributed by atoms with Gasteiger partial charge in [0.05, 0.1) is 21.5 Å². The van der Waals surface area contributed by atoms with Crippen LogP contribution in [0.3, 0.4) is 0 Å². The molecule has 0 aliphatic rings. The number of hydrogen-bond acceptors (Lipinski definition) is 6. The average molecular weight is 678 g/mol.